The maximum atomic E-state index is 6.18. The first-order chi connectivity index (χ1) is 8.24. The van der Waals surface area contributed by atoms with Gasteiger partial charge < -0.3 is 10.5 Å². The number of nitrogens with two attached hydrogens (primary N) is 1. The van der Waals surface area contributed by atoms with E-state index in [1.54, 1.807) is 11.3 Å². The zero-order valence-electron chi connectivity index (χ0n) is 9.10. The molecule has 0 amide bonds. The van der Waals surface area contributed by atoms with E-state index in [0.717, 1.165) is 17.7 Å². The van der Waals surface area contributed by atoms with Crippen molar-refractivity contribution in [3.8, 4) is 5.75 Å². The van der Waals surface area contributed by atoms with Gasteiger partial charge >= 0.3 is 0 Å². The van der Waals surface area contributed by atoms with Gasteiger partial charge in [0, 0.05) is 28.6 Å². The highest BCUT2D eigenvalue weighted by molar-refractivity contribution is 7.07. The van der Waals surface area contributed by atoms with Crippen LogP contribution in [-0.4, -0.2) is 0 Å². The maximum Gasteiger partial charge on any atom is 0.126 e. The number of ether oxygens (including phenoxy) is 1. The van der Waals surface area contributed by atoms with E-state index in [1.807, 2.05) is 18.2 Å². The molecule has 3 rings (SSSR count). The summed E-state index contributed by atoms with van der Waals surface area (Å²) in [5.74, 6) is 0.851. The van der Waals surface area contributed by atoms with Gasteiger partial charge in [0.15, 0.2) is 0 Å². The third-order valence-electron chi connectivity index (χ3n) is 3.02. The number of benzene rings is 1. The first-order valence-corrected chi connectivity index (χ1v) is 6.80. The second kappa shape index (κ2) is 4.33. The van der Waals surface area contributed by atoms with Crippen LogP contribution in [0.1, 0.15) is 29.7 Å². The summed E-state index contributed by atoms with van der Waals surface area (Å²) < 4.78 is 5.97. The van der Waals surface area contributed by atoms with Crippen LogP contribution >= 0.6 is 22.9 Å². The Morgan fingerprint density at radius 1 is 1.35 bits per heavy atom. The maximum absolute atomic E-state index is 6.18. The molecule has 2 aromatic rings. The lowest BCUT2D eigenvalue weighted by atomic mass is 9.95. The van der Waals surface area contributed by atoms with Crippen LogP contribution in [-0.2, 0) is 0 Å². The van der Waals surface area contributed by atoms with Crippen LogP contribution in [0.15, 0.2) is 35.0 Å². The summed E-state index contributed by atoms with van der Waals surface area (Å²) in [6, 6.07) is 7.70. The van der Waals surface area contributed by atoms with Crippen LogP contribution in [0.4, 0.5) is 0 Å². The van der Waals surface area contributed by atoms with Crippen molar-refractivity contribution in [2.45, 2.75) is 18.6 Å². The van der Waals surface area contributed by atoms with Gasteiger partial charge in [0.2, 0.25) is 0 Å². The topological polar surface area (TPSA) is 35.2 Å². The smallest absolute Gasteiger partial charge is 0.126 e. The summed E-state index contributed by atoms with van der Waals surface area (Å²) in [7, 11) is 0. The lowest BCUT2D eigenvalue weighted by Gasteiger charge is -2.30. The van der Waals surface area contributed by atoms with Crippen molar-refractivity contribution in [3.05, 3.63) is 51.2 Å². The quantitative estimate of drug-likeness (QED) is 0.848. The molecule has 17 heavy (non-hydrogen) atoms. The third kappa shape index (κ3) is 2.06. The van der Waals surface area contributed by atoms with E-state index < -0.39 is 0 Å². The van der Waals surface area contributed by atoms with E-state index in [-0.39, 0.29) is 12.1 Å². The SMILES string of the molecule is NC1CC(c2ccsc2)Oc2ccc(Cl)cc21. The van der Waals surface area contributed by atoms with Crippen LogP contribution in [0.3, 0.4) is 0 Å². The second-order valence-electron chi connectivity index (χ2n) is 4.19. The molecule has 0 saturated carbocycles. The lowest BCUT2D eigenvalue weighted by Crippen LogP contribution is -2.23. The first-order valence-electron chi connectivity index (χ1n) is 5.48. The van der Waals surface area contributed by atoms with Crippen molar-refractivity contribution < 1.29 is 4.74 Å². The normalized spacial score (nSPS) is 22.9. The number of hydrogen-bond donors (Lipinski definition) is 1. The Kier molecular flexibility index (Phi) is 2.82. The van der Waals surface area contributed by atoms with Crippen molar-refractivity contribution in [1.29, 1.82) is 0 Å². The number of fused-ring (bicyclic) bond motifs is 1. The molecular weight excluding hydrogens is 254 g/mol. The highest BCUT2D eigenvalue weighted by atomic mass is 35.5. The summed E-state index contributed by atoms with van der Waals surface area (Å²) >= 11 is 7.64. The van der Waals surface area contributed by atoms with Crippen LogP contribution in [0.2, 0.25) is 5.02 Å². The Morgan fingerprint density at radius 3 is 3.00 bits per heavy atom. The minimum Gasteiger partial charge on any atom is -0.485 e. The summed E-state index contributed by atoms with van der Waals surface area (Å²) in [5, 5.41) is 4.87. The van der Waals surface area contributed by atoms with Gasteiger partial charge in [0.05, 0.1) is 0 Å². The van der Waals surface area contributed by atoms with Gasteiger partial charge in [0.1, 0.15) is 11.9 Å². The van der Waals surface area contributed by atoms with Crippen molar-refractivity contribution in [2.75, 3.05) is 0 Å². The van der Waals surface area contributed by atoms with Crippen LogP contribution in [0.5, 0.6) is 5.75 Å². The Morgan fingerprint density at radius 2 is 2.24 bits per heavy atom. The van der Waals surface area contributed by atoms with Gasteiger partial charge in [-0.25, -0.2) is 0 Å². The highest BCUT2D eigenvalue weighted by Crippen LogP contribution is 2.40. The van der Waals surface area contributed by atoms with Crippen LogP contribution in [0.25, 0.3) is 0 Å². The van der Waals surface area contributed by atoms with Gasteiger partial charge in [-0.3, -0.25) is 0 Å². The molecule has 0 aliphatic carbocycles. The Labute approximate surface area is 109 Å². The van der Waals surface area contributed by atoms with Crippen molar-refractivity contribution in [1.82, 2.24) is 0 Å². The van der Waals surface area contributed by atoms with Gasteiger partial charge in [-0.05, 0) is 35.0 Å². The van der Waals surface area contributed by atoms with Gasteiger partial charge in [-0.1, -0.05) is 11.6 Å². The predicted octanol–water partition coefficient (Wildman–Crippen LogP) is 3.93. The average molecular weight is 266 g/mol. The van der Waals surface area contributed by atoms with Crippen molar-refractivity contribution in [3.63, 3.8) is 0 Å². The van der Waals surface area contributed by atoms with E-state index in [2.05, 4.69) is 16.8 Å². The van der Waals surface area contributed by atoms with E-state index >= 15 is 0 Å². The van der Waals surface area contributed by atoms with E-state index in [1.165, 1.54) is 5.56 Å². The fourth-order valence-corrected chi connectivity index (χ4v) is 3.02. The van der Waals surface area contributed by atoms with Crippen LogP contribution in [0, 0.1) is 0 Å². The monoisotopic (exact) mass is 265 g/mol. The summed E-state index contributed by atoms with van der Waals surface area (Å²) in [5.41, 5.74) is 8.38. The molecule has 2 atom stereocenters. The second-order valence-corrected chi connectivity index (χ2v) is 5.40. The van der Waals surface area contributed by atoms with Crippen molar-refractivity contribution in [2.24, 2.45) is 5.73 Å². The Balaban J connectivity index is 1.96. The molecule has 0 fully saturated rings. The molecule has 0 spiro atoms. The van der Waals surface area contributed by atoms with Gasteiger partial charge in [0.25, 0.3) is 0 Å². The molecule has 88 valence electrons. The minimum atomic E-state index is -0.0117. The summed E-state index contributed by atoms with van der Waals surface area (Å²) in [6.07, 6.45) is 0.856. The van der Waals surface area contributed by atoms with Gasteiger partial charge in [-0.15, -0.1) is 0 Å². The predicted molar refractivity (Wildman–Crippen MR) is 70.7 cm³/mol. The van der Waals surface area contributed by atoms with Crippen LogP contribution < -0.4 is 10.5 Å². The summed E-state index contributed by atoms with van der Waals surface area (Å²) in [4.78, 5) is 0. The molecular formula is C13H12ClNOS. The molecule has 4 heteroatoms. The third-order valence-corrected chi connectivity index (χ3v) is 3.96. The minimum absolute atomic E-state index is 0.0117. The number of halogens is 1. The number of hydrogen-bond acceptors (Lipinski definition) is 3. The molecule has 1 aliphatic heterocycles. The molecule has 1 aliphatic rings. The number of thiophene rings is 1. The lowest BCUT2D eigenvalue weighted by molar-refractivity contribution is 0.162. The zero-order chi connectivity index (χ0) is 11.8. The highest BCUT2D eigenvalue weighted by Gasteiger charge is 2.27. The average Bonchev–Trinajstić information content (AvgIpc) is 2.83. The van der Waals surface area contributed by atoms with E-state index in [9.17, 15) is 0 Å². The molecule has 0 bridgehead atoms. The Bertz CT molecular complexity index is 526. The summed E-state index contributed by atoms with van der Waals surface area (Å²) in [6.45, 7) is 0. The standard InChI is InChI=1S/C13H12ClNOS/c14-9-1-2-12-10(5-9)11(15)6-13(16-12)8-3-4-17-7-8/h1-5,7,11,13H,6,15H2. The Hall–Kier alpha value is -1.03. The number of rotatable bonds is 1. The molecule has 0 saturated heterocycles. The molecule has 1 aromatic carbocycles. The van der Waals surface area contributed by atoms with Crippen molar-refractivity contribution >= 4 is 22.9 Å². The largest absolute Gasteiger partial charge is 0.485 e. The van der Waals surface area contributed by atoms with E-state index in [4.69, 9.17) is 22.1 Å². The molecule has 0 radical (unpaired) electrons. The fourth-order valence-electron chi connectivity index (χ4n) is 2.14. The zero-order valence-corrected chi connectivity index (χ0v) is 10.7. The molecule has 1 aromatic heterocycles. The fraction of sp³-hybridized carbons (Fsp3) is 0.231. The van der Waals surface area contributed by atoms with Gasteiger partial charge in [-0.2, -0.15) is 11.3 Å². The molecule has 2 nitrogen and oxygen atoms in total. The first kappa shape index (κ1) is 11.1. The van der Waals surface area contributed by atoms with E-state index in [0.29, 0.717) is 5.02 Å². The molecule has 2 N–H and O–H groups in total. The molecule has 2 unspecified atom stereocenters. The molecule has 2 heterocycles.